The predicted molar refractivity (Wildman–Crippen MR) is 65.9 cm³/mol. The number of hydrogen-bond donors (Lipinski definition) is 2. The van der Waals surface area contributed by atoms with Crippen LogP contribution in [-0.2, 0) is 6.18 Å². The molecule has 1 heterocycles. The zero-order chi connectivity index (χ0) is 12.8. The summed E-state index contributed by atoms with van der Waals surface area (Å²) in [7, 11) is 0. The number of hydrogen-bond acceptors (Lipinski definition) is 3. The summed E-state index contributed by atoms with van der Waals surface area (Å²) in [4.78, 5) is 3.85. The van der Waals surface area contributed by atoms with Gasteiger partial charge in [-0.2, -0.15) is 13.2 Å². The summed E-state index contributed by atoms with van der Waals surface area (Å²) in [5, 5.41) is 0.592. The van der Waals surface area contributed by atoms with Crippen LogP contribution in [-0.4, -0.2) is 4.98 Å². The molecule has 0 aliphatic rings. The van der Waals surface area contributed by atoms with E-state index >= 15 is 0 Å². The number of nitrogens with zero attached hydrogens (tertiary/aromatic N) is 1. The Hall–Kier alpha value is -1.53. The first-order valence-electron chi connectivity index (χ1n) is 4.73. The van der Waals surface area contributed by atoms with Crippen LogP contribution in [0.15, 0.2) is 18.2 Å². The molecule has 0 radical (unpaired) electrons. The molecule has 0 fully saturated rings. The third kappa shape index (κ3) is 2.34. The lowest BCUT2D eigenvalue weighted by Gasteiger charge is -2.10. The fraction of sp³-hybridized carbons (Fsp3) is 0.182. The first kappa shape index (κ1) is 14.5. The topological polar surface area (TPSA) is 73.9 Å². The van der Waals surface area contributed by atoms with Crippen LogP contribution < -0.4 is 11.9 Å². The summed E-state index contributed by atoms with van der Waals surface area (Å²) in [6.07, 6.45) is -4.39. The van der Waals surface area contributed by atoms with E-state index in [1.54, 1.807) is 6.92 Å². The quantitative estimate of drug-likeness (QED) is 0.716. The van der Waals surface area contributed by atoms with E-state index in [4.69, 9.17) is 17.3 Å². The summed E-state index contributed by atoms with van der Waals surface area (Å²) in [6.45, 7) is 1.69. The molecule has 0 bridgehead atoms. The molecule has 98 valence electrons. The van der Waals surface area contributed by atoms with Crippen LogP contribution in [0, 0.1) is 6.92 Å². The number of aromatic nitrogens is 1. The van der Waals surface area contributed by atoms with E-state index in [0.29, 0.717) is 16.6 Å². The molecular weight excluding hydrogens is 267 g/mol. The highest BCUT2D eigenvalue weighted by Gasteiger charge is 2.30. The van der Waals surface area contributed by atoms with Crippen LogP contribution >= 0.6 is 11.6 Å². The van der Waals surface area contributed by atoms with Gasteiger partial charge in [-0.25, -0.2) is 4.98 Å². The number of pyridine rings is 1. The van der Waals surface area contributed by atoms with Crippen molar-refractivity contribution in [2.75, 3.05) is 5.73 Å². The van der Waals surface area contributed by atoms with Crippen molar-refractivity contribution in [3.63, 3.8) is 0 Å². The van der Waals surface area contributed by atoms with Crippen molar-refractivity contribution >= 4 is 28.2 Å². The Morgan fingerprint density at radius 3 is 2.44 bits per heavy atom. The SMILES string of the molecule is Cc1c(N)c(Cl)nc2cc(C(F)(F)F)ccc12.N. The van der Waals surface area contributed by atoms with Crippen LogP contribution in [0.1, 0.15) is 11.1 Å². The lowest BCUT2D eigenvalue weighted by Crippen LogP contribution is -2.05. The van der Waals surface area contributed by atoms with Crippen molar-refractivity contribution in [2.24, 2.45) is 0 Å². The Bertz CT molecular complexity index is 596. The normalized spacial score (nSPS) is 11.4. The maximum absolute atomic E-state index is 12.5. The zero-order valence-corrected chi connectivity index (χ0v) is 10.2. The molecule has 1 aromatic carbocycles. The van der Waals surface area contributed by atoms with Crippen LogP contribution in [0.4, 0.5) is 18.9 Å². The number of fused-ring (bicyclic) bond motifs is 1. The number of alkyl halides is 3. The minimum atomic E-state index is -4.39. The van der Waals surface area contributed by atoms with Gasteiger partial charge in [-0.15, -0.1) is 0 Å². The molecule has 5 N–H and O–H groups in total. The predicted octanol–water partition coefficient (Wildman–Crippen LogP) is 3.96. The minimum absolute atomic E-state index is 0. The smallest absolute Gasteiger partial charge is 0.396 e. The highest BCUT2D eigenvalue weighted by molar-refractivity contribution is 6.32. The Morgan fingerprint density at radius 1 is 1.28 bits per heavy atom. The molecule has 0 aliphatic heterocycles. The van der Waals surface area contributed by atoms with Crippen molar-refractivity contribution in [3.8, 4) is 0 Å². The fourth-order valence-electron chi connectivity index (χ4n) is 1.58. The van der Waals surface area contributed by atoms with E-state index in [2.05, 4.69) is 4.98 Å². The molecule has 0 unspecified atom stereocenters. The number of aryl methyl sites for hydroxylation is 1. The number of nitrogen functional groups attached to an aromatic ring is 1. The van der Waals surface area contributed by atoms with Crippen LogP contribution in [0.25, 0.3) is 10.9 Å². The van der Waals surface area contributed by atoms with Gasteiger partial charge < -0.3 is 11.9 Å². The molecule has 0 spiro atoms. The maximum atomic E-state index is 12.5. The Balaban J connectivity index is 0.00000162. The van der Waals surface area contributed by atoms with E-state index < -0.39 is 11.7 Å². The van der Waals surface area contributed by atoms with E-state index in [0.717, 1.165) is 12.1 Å². The summed E-state index contributed by atoms with van der Waals surface area (Å²) >= 11 is 5.74. The zero-order valence-electron chi connectivity index (χ0n) is 9.48. The number of benzene rings is 1. The largest absolute Gasteiger partial charge is 0.416 e. The Kier molecular flexibility index (Phi) is 3.73. The van der Waals surface area contributed by atoms with Gasteiger partial charge in [0, 0.05) is 5.39 Å². The first-order chi connectivity index (χ1) is 7.80. The average molecular weight is 278 g/mol. The van der Waals surface area contributed by atoms with Gasteiger partial charge in [-0.3, -0.25) is 0 Å². The summed E-state index contributed by atoms with van der Waals surface area (Å²) in [6, 6.07) is 3.32. The van der Waals surface area contributed by atoms with Crippen molar-refractivity contribution < 1.29 is 13.2 Å². The molecule has 18 heavy (non-hydrogen) atoms. The Morgan fingerprint density at radius 2 is 1.89 bits per heavy atom. The number of nitrogens with two attached hydrogens (primary N) is 1. The second-order valence-electron chi connectivity index (χ2n) is 3.67. The highest BCUT2D eigenvalue weighted by atomic mass is 35.5. The molecule has 2 rings (SSSR count). The van der Waals surface area contributed by atoms with Gasteiger partial charge in [-0.1, -0.05) is 17.7 Å². The first-order valence-corrected chi connectivity index (χ1v) is 5.11. The average Bonchev–Trinajstić information content (AvgIpc) is 2.24. The number of anilines is 1. The monoisotopic (exact) mass is 277 g/mol. The minimum Gasteiger partial charge on any atom is -0.396 e. The fourth-order valence-corrected chi connectivity index (χ4v) is 1.82. The molecule has 3 nitrogen and oxygen atoms in total. The Labute approximate surface area is 106 Å². The second-order valence-corrected chi connectivity index (χ2v) is 4.03. The summed E-state index contributed by atoms with van der Waals surface area (Å²) < 4.78 is 37.5. The van der Waals surface area contributed by atoms with Crippen LogP contribution in [0.3, 0.4) is 0 Å². The summed E-state index contributed by atoms with van der Waals surface area (Å²) in [5.74, 6) is 0. The van der Waals surface area contributed by atoms with Gasteiger partial charge in [0.1, 0.15) is 0 Å². The third-order valence-corrected chi connectivity index (χ3v) is 2.86. The van der Waals surface area contributed by atoms with Gasteiger partial charge in [0.05, 0.1) is 16.8 Å². The van der Waals surface area contributed by atoms with Gasteiger partial charge in [0.15, 0.2) is 5.15 Å². The molecule has 0 saturated carbocycles. The van der Waals surface area contributed by atoms with Crippen molar-refractivity contribution in [3.05, 3.63) is 34.5 Å². The standard InChI is InChI=1S/C11H8ClF3N2.H3N/c1-5-7-3-2-6(11(13,14)15)4-8(7)17-10(12)9(5)16;/h2-4H,16H2,1H3;1H3. The molecule has 0 saturated heterocycles. The third-order valence-electron chi connectivity index (χ3n) is 2.57. The molecule has 0 atom stereocenters. The van der Waals surface area contributed by atoms with E-state index in [1.807, 2.05) is 0 Å². The van der Waals surface area contributed by atoms with E-state index in [1.165, 1.54) is 6.07 Å². The lowest BCUT2D eigenvalue weighted by atomic mass is 10.1. The highest BCUT2D eigenvalue weighted by Crippen LogP contribution is 2.34. The van der Waals surface area contributed by atoms with E-state index in [-0.39, 0.29) is 16.8 Å². The number of halogens is 4. The molecular formula is C11H11ClF3N3. The molecule has 2 aromatic rings. The summed E-state index contributed by atoms with van der Waals surface area (Å²) in [5.41, 5.74) is 6.02. The molecule has 1 aromatic heterocycles. The van der Waals surface area contributed by atoms with Gasteiger partial charge in [0.2, 0.25) is 0 Å². The maximum Gasteiger partial charge on any atom is 0.416 e. The van der Waals surface area contributed by atoms with Crippen molar-refractivity contribution in [2.45, 2.75) is 13.1 Å². The van der Waals surface area contributed by atoms with Crippen LogP contribution in [0.2, 0.25) is 5.15 Å². The number of rotatable bonds is 0. The van der Waals surface area contributed by atoms with Crippen molar-refractivity contribution in [1.82, 2.24) is 11.1 Å². The second kappa shape index (κ2) is 4.62. The molecule has 0 amide bonds. The van der Waals surface area contributed by atoms with Gasteiger partial charge in [-0.05, 0) is 24.6 Å². The molecule has 0 aliphatic carbocycles. The van der Waals surface area contributed by atoms with Crippen molar-refractivity contribution in [1.29, 1.82) is 0 Å². The van der Waals surface area contributed by atoms with Gasteiger partial charge >= 0.3 is 6.18 Å². The van der Waals surface area contributed by atoms with Crippen LogP contribution in [0.5, 0.6) is 0 Å². The lowest BCUT2D eigenvalue weighted by molar-refractivity contribution is -0.137. The van der Waals surface area contributed by atoms with E-state index in [9.17, 15) is 13.2 Å². The van der Waals surface area contributed by atoms with Gasteiger partial charge in [0.25, 0.3) is 0 Å². The molecule has 7 heteroatoms.